The summed E-state index contributed by atoms with van der Waals surface area (Å²) in [5, 5.41) is 9.53. The summed E-state index contributed by atoms with van der Waals surface area (Å²) in [5.41, 5.74) is -2.32. The molecule has 0 bridgehead atoms. The lowest BCUT2D eigenvalue weighted by Gasteiger charge is -2.38. The number of hydrogen-bond acceptors (Lipinski definition) is 6. The molecule has 0 aromatic rings. The van der Waals surface area contributed by atoms with Gasteiger partial charge in [0.25, 0.3) is 0 Å². The van der Waals surface area contributed by atoms with Crippen molar-refractivity contribution in [1.29, 1.82) is 0 Å². The molecule has 2 fully saturated rings. The van der Waals surface area contributed by atoms with Gasteiger partial charge in [-0.2, -0.15) is 0 Å². The average Bonchev–Trinajstić information content (AvgIpc) is 2.86. The zero-order valence-electron chi connectivity index (χ0n) is 16.3. The van der Waals surface area contributed by atoms with Gasteiger partial charge in [-0.25, -0.2) is 0 Å². The molecule has 8 heteroatoms. The summed E-state index contributed by atoms with van der Waals surface area (Å²) < 4.78 is 11.8. The Morgan fingerprint density at radius 1 is 1.18 bits per heavy atom. The fourth-order valence-corrected chi connectivity index (χ4v) is 5.19. The Hall–Kier alpha value is -2.19. The molecule has 152 valence electrons. The second-order valence-electron chi connectivity index (χ2n) is 8.27. The SMILES string of the molecule is CC(C)N1CC=C[C@]23O[C@@]4(C)C=CCOC(=O)[C@H]4[C@H]2C(=O)N(CCO)C3C1=O. The third kappa shape index (κ3) is 2.40. The number of fused-ring (bicyclic) bond motifs is 2. The lowest BCUT2D eigenvalue weighted by atomic mass is 9.75. The molecule has 1 spiro atoms. The van der Waals surface area contributed by atoms with E-state index in [1.165, 1.54) is 4.90 Å². The molecular weight excluding hydrogens is 364 g/mol. The van der Waals surface area contributed by atoms with E-state index in [0.717, 1.165) is 0 Å². The van der Waals surface area contributed by atoms with Gasteiger partial charge in [0.15, 0.2) is 0 Å². The first kappa shape index (κ1) is 19.1. The Morgan fingerprint density at radius 3 is 2.61 bits per heavy atom. The Balaban J connectivity index is 1.89. The summed E-state index contributed by atoms with van der Waals surface area (Å²) in [6.45, 7) is 5.83. The summed E-state index contributed by atoms with van der Waals surface area (Å²) in [5.74, 6) is -2.83. The molecule has 1 unspecified atom stereocenters. The summed E-state index contributed by atoms with van der Waals surface area (Å²) in [7, 11) is 0. The zero-order chi connectivity index (χ0) is 20.3. The predicted octanol–water partition coefficient (Wildman–Crippen LogP) is -0.131. The van der Waals surface area contributed by atoms with Crippen LogP contribution in [0.4, 0.5) is 0 Å². The van der Waals surface area contributed by atoms with Crippen LogP contribution in [-0.4, -0.2) is 82.3 Å². The van der Waals surface area contributed by atoms with E-state index in [4.69, 9.17) is 9.47 Å². The van der Waals surface area contributed by atoms with Gasteiger partial charge in [0.05, 0.1) is 18.1 Å². The van der Waals surface area contributed by atoms with Crippen LogP contribution in [-0.2, 0) is 23.9 Å². The van der Waals surface area contributed by atoms with Crippen molar-refractivity contribution in [2.45, 2.75) is 44.1 Å². The number of carbonyl (C=O) groups excluding carboxylic acids is 3. The van der Waals surface area contributed by atoms with Crippen molar-refractivity contribution in [2.24, 2.45) is 11.8 Å². The highest BCUT2D eigenvalue weighted by molar-refractivity contribution is 5.99. The van der Waals surface area contributed by atoms with Gasteiger partial charge in [0, 0.05) is 19.1 Å². The monoisotopic (exact) mass is 390 g/mol. The van der Waals surface area contributed by atoms with Gasteiger partial charge in [-0.05, 0) is 26.8 Å². The van der Waals surface area contributed by atoms with E-state index in [-0.39, 0.29) is 37.6 Å². The van der Waals surface area contributed by atoms with Crippen LogP contribution >= 0.6 is 0 Å². The molecule has 28 heavy (non-hydrogen) atoms. The number of β-amino-alcohol motifs (C(OH)–C–C–N with tert-alkyl or cyclic N) is 1. The molecule has 8 nitrogen and oxygen atoms in total. The Kier molecular flexibility index (Phi) is 4.39. The van der Waals surface area contributed by atoms with Gasteiger partial charge >= 0.3 is 5.97 Å². The van der Waals surface area contributed by atoms with E-state index in [1.54, 1.807) is 30.1 Å². The number of esters is 1. The fraction of sp³-hybridized carbons (Fsp3) is 0.650. The topological polar surface area (TPSA) is 96.4 Å². The predicted molar refractivity (Wildman–Crippen MR) is 97.9 cm³/mol. The first-order chi connectivity index (χ1) is 13.3. The second-order valence-corrected chi connectivity index (χ2v) is 8.27. The normalized spacial score (nSPS) is 39.6. The third-order valence-corrected chi connectivity index (χ3v) is 6.31. The quantitative estimate of drug-likeness (QED) is 0.533. The zero-order valence-corrected chi connectivity index (χ0v) is 16.3. The van der Waals surface area contributed by atoms with E-state index in [2.05, 4.69) is 0 Å². The van der Waals surface area contributed by atoms with Gasteiger partial charge in [0.2, 0.25) is 11.8 Å². The molecule has 4 aliphatic heterocycles. The first-order valence-corrected chi connectivity index (χ1v) is 9.71. The molecule has 5 atom stereocenters. The van der Waals surface area contributed by atoms with Gasteiger partial charge in [-0.1, -0.05) is 18.2 Å². The van der Waals surface area contributed by atoms with Crippen molar-refractivity contribution < 1.29 is 29.0 Å². The van der Waals surface area contributed by atoms with Crippen LogP contribution in [0.1, 0.15) is 20.8 Å². The summed E-state index contributed by atoms with van der Waals surface area (Å²) in [6, 6.07) is -0.993. The largest absolute Gasteiger partial charge is 0.461 e. The lowest BCUT2D eigenvalue weighted by Crippen LogP contribution is -2.57. The number of amides is 2. The molecule has 0 aromatic heterocycles. The van der Waals surface area contributed by atoms with Gasteiger partial charge in [0.1, 0.15) is 24.2 Å². The highest BCUT2D eigenvalue weighted by Crippen LogP contribution is 2.57. The molecule has 2 saturated heterocycles. The number of aliphatic hydroxyl groups excluding tert-OH is 1. The van der Waals surface area contributed by atoms with Gasteiger partial charge in [-0.3, -0.25) is 14.4 Å². The molecule has 2 amide bonds. The molecule has 4 heterocycles. The Labute approximate surface area is 163 Å². The number of rotatable bonds is 3. The van der Waals surface area contributed by atoms with E-state index in [1.807, 2.05) is 19.9 Å². The smallest absolute Gasteiger partial charge is 0.313 e. The minimum absolute atomic E-state index is 0.00491. The van der Waals surface area contributed by atoms with Crippen molar-refractivity contribution in [3.8, 4) is 0 Å². The van der Waals surface area contributed by atoms with Gasteiger partial charge < -0.3 is 24.4 Å². The first-order valence-electron chi connectivity index (χ1n) is 9.71. The van der Waals surface area contributed by atoms with Crippen molar-refractivity contribution in [3.05, 3.63) is 24.3 Å². The Morgan fingerprint density at radius 2 is 1.93 bits per heavy atom. The number of likely N-dealkylation sites (tertiary alicyclic amines) is 1. The van der Waals surface area contributed by atoms with Crippen molar-refractivity contribution >= 4 is 17.8 Å². The van der Waals surface area contributed by atoms with E-state index >= 15 is 0 Å². The highest BCUT2D eigenvalue weighted by atomic mass is 16.6. The highest BCUT2D eigenvalue weighted by Gasteiger charge is 2.74. The molecule has 1 N–H and O–H groups in total. The number of aliphatic hydroxyl groups is 1. The molecular formula is C20H26N2O6. The number of hydrogen-bond donors (Lipinski definition) is 1. The molecule has 0 radical (unpaired) electrons. The van der Waals surface area contributed by atoms with E-state index in [0.29, 0.717) is 6.54 Å². The van der Waals surface area contributed by atoms with Crippen molar-refractivity contribution in [2.75, 3.05) is 26.3 Å². The molecule has 4 rings (SSSR count). The maximum Gasteiger partial charge on any atom is 0.313 e. The van der Waals surface area contributed by atoms with Crippen molar-refractivity contribution in [1.82, 2.24) is 9.80 Å². The van der Waals surface area contributed by atoms with Crippen LogP contribution in [0.25, 0.3) is 0 Å². The van der Waals surface area contributed by atoms with Crippen LogP contribution in [0.15, 0.2) is 24.3 Å². The van der Waals surface area contributed by atoms with Crippen LogP contribution in [0.2, 0.25) is 0 Å². The second kappa shape index (κ2) is 6.42. The third-order valence-electron chi connectivity index (χ3n) is 6.31. The maximum atomic E-state index is 13.5. The molecule has 0 aliphatic carbocycles. The van der Waals surface area contributed by atoms with Crippen molar-refractivity contribution in [3.63, 3.8) is 0 Å². The standard InChI is InChI=1S/C20H26N2O6/c1-12(2)21-8-4-7-20-13(16(24)22(9-10-23)15(20)17(21)25)14-18(26)27-11-5-6-19(14,3)28-20/h4-7,12-15,23H,8-11H2,1-3H3/t13-,14+,15?,19-,20-/m0/s1. The molecule has 4 aliphatic rings. The number of carbonyl (C=O) groups is 3. The van der Waals surface area contributed by atoms with Crippen LogP contribution in [0.3, 0.4) is 0 Å². The molecule has 0 aromatic carbocycles. The van der Waals surface area contributed by atoms with Crippen LogP contribution in [0.5, 0.6) is 0 Å². The van der Waals surface area contributed by atoms with Gasteiger partial charge in [-0.15, -0.1) is 0 Å². The number of nitrogens with zero attached hydrogens (tertiary/aromatic N) is 2. The maximum absolute atomic E-state index is 13.5. The fourth-order valence-electron chi connectivity index (χ4n) is 5.19. The van der Waals surface area contributed by atoms with Crippen LogP contribution in [0, 0.1) is 11.8 Å². The number of cyclic esters (lactones) is 1. The minimum Gasteiger partial charge on any atom is -0.461 e. The summed E-state index contributed by atoms with van der Waals surface area (Å²) in [4.78, 5) is 42.8. The Bertz CT molecular complexity index is 777. The van der Waals surface area contributed by atoms with E-state index < -0.39 is 35.0 Å². The molecule has 0 saturated carbocycles. The number of ether oxygens (including phenoxy) is 2. The lowest BCUT2D eigenvalue weighted by molar-refractivity contribution is -0.158. The summed E-state index contributed by atoms with van der Waals surface area (Å²) >= 11 is 0. The average molecular weight is 390 g/mol. The summed E-state index contributed by atoms with van der Waals surface area (Å²) in [6.07, 6.45) is 7.09. The minimum atomic E-state index is -1.27. The van der Waals surface area contributed by atoms with Crippen LogP contribution < -0.4 is 0 Å². The van der Waals surface area contributed by atoms with E-state index in [9.17, 15) is 19.5 Å².